The van der Waals surface area contributed by atoms with Gasteiger partial charge in [-0.15, -0.1) is 0 Å². The number of aliphatic carboxylic acids is 1. The summed E-state index contributed by atoms with van der Waals surface area (Å²) in [4.78, 5) is 32.0. The van der Waals surface area contributed by atoms with Crippen LogP contribution in [-0.2, 0) is 28.7 Å². The molecule has 9 nitrogen and oxygen atoms in total. The number of hydrogen-bond acceptors (Lipinski definition) is 7. The van der Waals surface area contributed by atoms with Crippen LogP contribution in [0.25, 0.3) is 0 Å². The van der Waals surface area contributed by atoms with Crippen LogP contribution in [0.3, 0.4) is 0 Å². The van der Waals surface area contributed by atoms with Crippen molar-refractivity contribution in [2.45, 2.75) is 26.3 Å². The molecule has 0 spiro atoms. The summed E-state index contributed by atoms with van der Waals surface area (Å²) in [5.74, 6) is -5.16. The van der Waals surface area contributed by atoms with Gasteiger partial charge in [0.1, 0.15) is 0 Å². The molecule has 1 aliphatic heterocycles. The molecular formula is C8H13NNaO8PS. The van der Waals surface area contributed by atoms with Gasteiger partial charge in [0.05, 0.1) is 23.7 Å². The molecule has 1 fully saturated rings. The normalized spacial score (nSPS) is 31.2. The molecule has 0 aromatic heterocycles. The second-order valence-corrected chi connectivity index (χ2v) is 7.85. The van der Waals surface area contributed by atoms with Crippen molar-refractivity contribution in [3.63, 3.8) is 0 Å². The standard InChI is InChI=1S/C8H14NO8PS.Na/c1-3-5-6(7(10)11)9(19(15,16)4-2)18(13,14)17-8(5)12;/h5-6H,3-4H2,1-2H3,(H,10,11)(H,13,14);/q;+1/p-1/t5-,6+;/m1./s1. The Kier molecular flexibility index (Phi) is 6.88. The third-order valence-corrected chi connectivity index (χ3v) is 6.77. The Morgan fingerprint density at radius 1 is 1.50 bits per heavy atom. The summed E-state index contributed by atoms with van der Waals surface area (Å²) in [6, 6.07) is -2.05. The van der Waals surface area contributed by atoms with Crippen LogP contribution >= 0.6 is 7.75 Å². The molecule has 1 saturated heterocycles. The van der Waals surface area contributed by atoms with E-state index in [2.05, 4.69) is 4.52 Å². The van der Waals surface area contributed by atoms with Gasteiger partial charge in [-0.05, 0) is 13.3 Å². The Morgan fingerprint density at radius 2 is 2.00 bits per heavy atom. The van der Waals surface area contributed by atoms with Crippen LogP contribution in [0.5, 0.6) is 0 Å². The van der Waals surface area contributed by atoms with Crippen LogP contribution < -0.4 is 34.7 Å². The van der Waals surface area contributed by atoms with Crippen molar-refractivity contribution in [3.05, 3.63) is 0 Å². The molecule has 1 heterocycles. The summed E-state index contributed by atoms with van der Waals surface area (Å²) in [5, 5.41) is 11.1. The minimum absolute atomic E-state index is 0. The molecule has 1 N–H and O–H groups in total. The molecule has 1 unspecified atom stereocenters. The molecule has 110 valence electrons. The molecule has 1 aliphatic rings. The van der Waals surface area contributed by atoms with Gasteiger partial charge in [0.15, 0.2) is 0 Å². The topological polar surface area (TPSA) is 141 Å². The third-order valence-electron chi connectivity index (χ3n) is 2.71. The van der Waals surface area contributed by atoms with Crippen molar-refractivity contribution in [1.29, 1.82) is 0 Å². The SMILES string of the molecule is CC[C@H]1C(=O)OP(=O)(O)N(S(=O)(=O)CC)[C@@H]1C(=O)[O-].[Na+]. The zero-order valence-corrected chi connectivity index (χ0v) is 14.9. The first-order chi connectivity index (χ1) is 8.58. The van der Waals surface area contributed by atoms with Gasteiger partial charge in [0.2, 0.25) is 10.0 Å². The van der Waals surface area contributed by atoms with Crippen LogP contribution in [0.4, 0.5) is 0 Å². The van der Waals surface area contributed by atoms with Crippen molar-refractivity contribution in [2.24, 2.45) is 5.92 Å². The molecule has 0 amide bonds. The van der Waals surface area contributed by atoms with E-state index >= 15 is 0 Å². The van der Waals surface area contributed by atoms with Crippen molar-refractivity contribution in [2.75, 3.05) is 5.75 Å². The van der Waals surface area contributed by atoms with E-state index in [0.29, 0.717) is 0 Å². The minimum Gasteiger partial charge on any atom is -0.548 e. The summed E-state index contributed by atoms with van der Waals surface area (Å²) >= 11 is 0. The summed E-state index contributed by atoms with van der Waals surface area (Å²) in [5.41, 5.74) is 0. The molecule has 0 bridgehead atoms. The zero-order valence-electron chi connectivity index (χ0n) is 11.2. The third kappa shape index (κ3) is 3.62. The predicted molar refractivity (Wildman–Crippen MR) is 59.8 cm³/mol. The Balaban J connectivity index is 0.00000361. The first kappa shape index (κ1) is 20.0. The zero-order chi connectivity index (χ0) is 15.0. The van der Waals surface area contributed by atoms with Crippen LogP contribution in [0, 0.1) is 5.92 Å². The molecule has 0 radical (unpaired) electrons. The van der Waals surface area contributed by atoms with Gasteiger partial charge in [-0.3, -0.25) is 4.79 Å². The van der Waals surface area contributed by atoms with Crippen LogP contribution in [0.15, 0.2) is 0 Å². The monoisotopic (exact) mass is 337 g/mol. The molecule has 0 saturated carbocycles. The van der Waals surface area contributed by atoms with Crippen LogP contribution in [0.1, 0.15) is 20.3 Å². The Bertz CT molecular complexity index is 549. The van der Waals surface area contributed by atoms with E-state index in [1.54, 1.807) is 0 Å². The number of rotatable bonds is 4. The fourth-order valence-electron chi connectivity index (χ4n) is 1.77. The molecule has 0 aromatic rings. The smallest absolute Gasteiger partial charge is 0.548 e. The van der Waals surface area contributed by atoms with Gasteiger partial charge in [-0.2, -0.15) is 0 Å². The van der Waals surface area contributed by atoms with Crippen molar-refractivity contribution >= 4 is 29.7 Å². The molecule has 0 aliphatic carbocycles. The maximum Gasteiger partial charge on any atom is 1.00 e. The summed E-state index contributed by atoms with van der Waals surface area (Å²) in [6.45, 7) is 2.59. The summed E-state index contributed by atoms with van der Waals surface area (Å²) in [7, 11) is -9.44. The molecular weight excluding hydrogens is 324 g/mol. The quantitative estimate of drug-likeness (QED) is 0.399. The van der Waals surface area contributed by atoms with Gasteiger partial charge in [-0.25, -0.2) is 13.0 Å². The van der Waals surface area contributed by atoms with Crippen LogP contribution in [0.2, 0.25) is 0 Å². The number of nitrogens with zero attached hydrogens (tertiary/aromatic N) is 1. The number of carboxylic acids is 1. The Labute approximate surface area is 138 Å². The average molecular weight is 337 g/mol. The van der Waals surface area contributed by atoms with Gasteiger partial charge < -0.3 is 19.3 Å². The van der Waals surface area contributed by atoms with Crippen molar-refractivity contribution in [3.8, 4) is 0 Å². The number of carbonyl (C=O) groups excluding carboxylic acids is 2. The maximum absolute atomic E-state index is 11.8. The Hall–Kier alpha value is 0.0400. The molecule has 0 aromatic carbocycles. The summed E-state index contributed by atoms with van der Waals surface area (Å²) < 4.78 is 39.3. The predicted octanol–water partition coefficient (Wildman–Crippen LogP) is -4.56. The molecule has 20 heavy (non-hydrogen) atoms. The van der Waals surface area contributed by atoms with E-state index in [1.165, 1.54) is 13.8 Å². The second-order valence-electron chi connectivity index (χ2n) is 3.85. The van der Waals surface area contributed by atoms with E-state index in [1.807, 2.05) is 0 Å². The second kappa shape index (κ2) is 6.87. The first-order valence-corrected chi connectivity index (χ1v) is 8.52. The molecule has 1 rings (SSSR count). The number of sulfonamides is 1. The van der Waals surface area contributed by atoms with Crippen molar-refractivity contribution < 1.29 is 66.7 Å². The van der Waals surface area contributed by atoms with Crippen LogP contribution in [-0.4, -0.2) is 41.1 Å². The molecule has 3 atom stereocenters. The van der Waals surface area contributed by atoms with E-state index < -0.39 is 47.4 Å². The molecule has 12 heteroatoms. The van der Waals surface area contributed by atoms with Gasteiger partial charge >= 0.3 is 43.3 Å². The van der Waals surface area contributed by atoms with Crippen molar-refractivity contribution in [1.82, 2.24) is 4.08 Å². The van der Waals surface area contributed by atoms with E-state index in [9.17, 15) is 32.6 Å². The van der Waals surface area contributed by atoms with Gasteiger partial charge in [0, 0.05) is 0 Å². The first-order valence-electron chi connectivity index (χ1n) is 5.38. The largest absolute Gasteiger partial charge is 1.00 e. The van der Waals surface area contributed by atoms with E-state index in [4.69, 9.17) is 0 Å². The number of carbonyl (C=O) groups is 2. The maximum atomic E-state index is 11.8. The van der Waals surface area contributed by atoms with E-state index in [0.717, 1.165) is 0 Å². The fraction of sp³-hybridized carbons (Fsp3) is 0.750. The summed E-state index contributed by atoms with van der Waals surface area (Å²) in [6.07, 6.45) is -0.0762. The Morgan fingerprint density at radius 3 is 2.35 bits per heavy atom. The average Bonchev–Trinajstić information content (AvgIpc) is 2.26. The number of hydrogen-bond donors (Lipinski definition) is 1. The number of carboxylic acid groups (broad SMARTS) is 1. The van der Waals surface area contributed by atoms with E-state index in [-0.39, 0.29) is 40.1 Å². The van der Waals surface area contributed by atoms with Gasteiger partial charge in [-0.1, -0.05) is 11.0 Å². The fourth-order valence-corrected chi connectivity index (χ4v) is 5.34. The van der Waals surface area contributed by atoms with Gasteiger partial charge in [0.25, 0.3) is 0 Å². The minimum atomic E-state index is -5.08.